The van der Waals surface area contributed by atoms with E-state index in [1.807, 2.05) is 18.2 Å². The molecule has 6 heteroatoms. The summed E-state index contributed by atoms with van der Waals surface area (Å²) in [6.07, 6.45) is 0. The molecule has 0 aliphatic heterocycles. The summed E-state index contributed by atoms with van der Waals surface area (Å²) >= 11 is 0. The molecule has 0 atom stereocenters. The molecule has 10 aromatic carbocycles. The van der Waals surface area contributed by atoms with Crippen molar-refractivity contribution in [3.63, 3.8) is 0 Å². The van der Waals surface area contributed by atoms with Crippen molar-refractivity contribution in [3.05, 3.63) is 255 Å². The van der Waals surface area contributed by atoms with Gasteiger partial charge in [-0.1, -0.05) is 206 Å². The van der Waals surface area contributed by atoms with Gasteiger partial charge in [0.2, 0.25) is 0 Å². The molecule has 13 aromatic rings. The third-order valence-electron chi connectivity index (χ3n) is 13.6. The quantitative estimate of drug-likeness (QED) is 0.107. The number of fused-ring (bicyclic) bond motifs is 6. The highest BCUT2D eigenvalue weighted by molar-refractivity contribution is 7.19. The number of nitrogens with zero attached hydrogens (tertiary/aromatic N) is 4. The number of hydrogen-bond donors (Lipinski definition) is 0. The lowest BCUT2D eigenvalue weighted by atomic mass is 9.98. The fourth-order valence-corrected chi connectivity index (χ4v) is 15.3. The lowest BCUT2D eigenvalue weighted by Gasteiger charge is -2.34. The Morgan fingerprint density at radius 3 is 1.33 bits per heavy atom. The summed E-state index contributed by atoms with van der Waals surface area (Å²) in [4.78, 5) is 15.9. The van der Waals surface area contributed by atoms with E-state index in [-0.39, 0.29) is 0 Å². The Bertz CT molecular complexity index is 3850. The Morgan fingerprint density at radius 2 is 0.754 bits per heavy atom. The van der Waals surface area contributed by atoms with Crippen LogP contribution >= 0.6 is 0 Å². The van der Waals surface area contributed by atoms with Crippen LogP contribution in [0, 0.1) is 0 Å². The van der Waals surface area contributed by atoms with Crippen LogP contribution in [-0.4, -0.2) is 27.6 Å². The first-order chi connectivity index (χ1) is 34.2. The van der Waals surface area contributed by atoms with Gasteiger partial charge in [-0.15, -0.1) is 0 Å². The minimum Gasteiger partial charge on any atom is -0.456 e. The molecule has 0 spiro atoms. The molecule has 3 heterocycles. The Morgan fingerprint density at radius 1 is 0.319 bits per heavy atom. The van der Waals surface area contributed by atoms with Gasteiger partial charge in [-0.3, -0.25) is 0 Å². The highest BCUT2D eigenvalue weighted by atomic mass is 28.3. The zero-order valence-corrected chi connectivity index (χ0v) is 38.4. The zero-order chi connectivity index (χ0) is 45.7. The molecule has 0 aliphatic carbocycles. The van der Waals surface area contributed by atoms with Gasteiger partial charge in [-0.05, 0) is 80.4 Å². The third-order valence-corrected chi connectivity index (χ3v) is 18.4. The van der Waals surface area contributed by atoms with Crippen LogP contribution in [0.1, 0.15) is 0 Å². The van der Waals surface area contributed by atoms with Gasteiger partial charge >= 0.3 is 0 Å². The lowest BCUT2D eigenvalue weighted by molar-refractivity contribution is 0.669. The van der Waals surface area contributed by atoms with Crippen LogP contribution in [0.2, 0.25) is 0 Å². The molecule has 5 nitrogen and oxygen atoms in total. The van der Waals surface area contributed by atoms with Crippen molar-refractivity contribution in [2.45, 2.75) is 0 Å². The molecule has 3 aromatic heterocycles. The second-order valence-corrected chi connectivity index (χ2v) is 21.3. The monoisotopic (exact) mass is 898 g/mol. The summed E-state index contributed by atoms with van der Waals surface area (Å²) in [5.74, 6) is 1.81. The maximum atomic E-state index is 6.26. The first-order valence-corrected chi connectivity index (χ1v) is 25.3. The summed E-state index contributed by atoms with van der Waals surface area (Å²) < 4.78 is 8.60. The number of rotatable bonds is 9. The molecule has 324 valence electrons. The molecule has 69 heavy (non-hydrogen) atoms. The summed E-state index contributed by atoms with van der Waals surface area (Å²) in [5, 5.41) is 9.82. The largest absolute Gasteiger partial charge is 0.456 e. The number of benzene rings is 10. The molecule has 0 aliphatic rings. The van der Waals surface area contributed by atoms with Crippen LogP contribution in [-0.2, 0) is 0 Å². The van der Waals surface area contributed by atoms with Crippen LogP contribution in [0.5, 0.6) is 0 Å². The Hall–Kier alpha value is -8.97. The van der Waals surface area contributed by atoms with E-state index in [2.05, 4.69) is 241 Å². The van der Waals surface area contributed by atoms with Crippen LogP contribution in [0.15, 0.2) is 259 Å². The van der Waals surface area contributed by atoms with E-state index in [4.69, 9.17) is 19.4 Å². The van der Waals surface area contributed by atoms with E-state index in [1.165, 1.54) is 31.5 Å². The number of aromatic nitrogens is 4. The van der Waals surface area contributed by atoms with Gasteiger partial charge in [0, 0.05) is 43.9 Å². The maximum absolute atomic E-state index is 6.26. The van der Waals surface area contributed by atoms with Crippen molar-refractivity contribution in [3.8, 4) is 51.0 Å². The molecule has 0 saturated heterocycles. The molecule has 0 amide bonds. The summed E-state index contributed by atoms with van der Waals surface area (Å²) in [6, 6.07) is 90.8. The SMILES string of the molecule is c1ccc([Si](c2ccccc2)(c2ccccc2)c2cccc(-c3nc(-c4ccc(-c5cccc6oc7ccccc7c56)cc4)nc(-c4ccc(-n5c6ccccc6c6ccccc65)cc4)n3)c2)cc1. The summed E-state index contributed by atoms with van der Waals surface area (Å²) in [7, 11) is -2.84. The molecule has 0 fully saturated rings. The van der Waals surface area contributed by atoms with Crippen molar-refractivity contribution in [1.82, 2.24) is 19.5 Å². The van der Waals surface area contributed by atoms with Gasteiger partial charge in [-0.2, -0.15) is 0 Å². The van der Waals surface area contributed by atoms with Crippen LogP contribution < -0.4 is 20.7 Å². The van der Waals surface area contributed by atoms with E-state index >= 15 is 0 Å². The van der Waals surface area contributed by atoms with Crippen molar-refractivity contribution in [2.24, 2.45) is 0 Å². The molecular formula is C63H42N4OSi. The standard InChI is InChI=1S/C63H42N4OSi/c1-4-19-48(20-5-1)69(49-21-6-2-7-22-49,50-23-8-3-9-24-50)51-25-16-18-46(42-51)63-65-61(44-36-34-43(35-37-44)52-29-17-33-59-60(52)55-28-12-15-32-58(55)68-59)64-62(66-63)45-38-40-47(41-39-45)67-56-30-13-10-26-53(56)54-27-11-14-31-57(54)67/h1-42H. The molecule has 0 saturated carbocycles. The summed E-state index contributed by atoms with van der Waals surface area (Å²) in [6.45, 7) is 0. The first kappa shape index (κ1) is 40.3. The number of furan rings is 1. The Labute approximate surface area is 400 Å². The molecule has 13 rings (SSSR count). The van der Waals surface area contributed by atoms with Crippen molar-refractivity contribution < 1.29 is 4.42 Å². The van der Waals surface area contributed by atoms with Gasteiger partial charge in [-0.25, -0.2) is 15.0 Å². The fraction of sp³-hybridized carbons (Fsp3) is 0. The Balaban J connectivity index is 0.975. The van der Waals surface area contributed by atoms with Gasteiger partial charge in [0.15, 0.2) is 25.5 Å². The van der Waals surface area contributed by atoms with Gasteiger partial charge in [0.05, 0.1) is 11.0 Å². The highest BCUT2D eigenvalue weighted by Gasteiger charge is 2.41. The fourth-order valence-electron chi connectivity index (χ4n) is 10.5. The minimum absolute atomic E-state index is 0.600. The number of hydrogen-bond acceptors (Lipinski definition) is 4. The average molecular weight is 899 g/mol. The predicted molar refractivity (Wildman–Crippen MR) is 287 cm³/mol. The Kier molecular flexibility index (Phi) is 9.77. The van der Waals surface area contributed by atoms with Crippen LogP contribution in [0.25, 0.3) is 94.7 Å². The van der Waals surface area contributed by atoms with E-state index in [9.17, 15) is 0 Å². The lowest BCUT2D eigenvalue weighted by Crippen LogP contribution is -2.74. The van der Waals surface area contributed by atoms with Crippen molar-refractivity contribution >= 4 is 72.6 Å². The topological polar surface area (TPSA) is 56.7 Å². The van der Waals surface area contributed by atoms with E-state index in [0.29, 0.717) is 17.5 Å². The van der Waals surface area contributed by atoms with E-state index in [1.54, 1.807) is 0 Å². The molecular weight excluding hydrogens is 857 g/mol. The smallest absolute Gasteiger partial charge is 0.179 e. The van der Waals surface area contributed by atoms with Crippen LogP contribution in [0.4, 0.5) is 0 Å². The minimum atomic E-state index is -2.84. The van der Waals surface area contributed by atoms with Gasteiger partial charge in [0.25, 0.3) is 0 Å². The summed E-state index contributed by atoms with van der Waals surface area (Å²) in [5.41, 5.74) is 10.1. The third kappa shape index (κ3) is 6.80. The second kappa shape index (κ2) is 16.7. The maximum Gasteiger partial charge on any atom is 0.179 e. The predicted octanol–water partition coefficient (Wildman–Crippen LogP) is 12.9. The van der Waals surface area contributed by atoms with E-state index < -0.39 is 8.07 Å². The van der Waals surface area contributed by atoms with Crippen molar-refractivity contribution in [2.75, 3.05) is 0 Å². The zero-order valence-electron chi connectivity index (χ0n) is 37.4. The highest BCUT2D eigenvalue weighted by Crippen LogP contribution is 2.38. The normalized spacial score (nSPS) is 11.8. The first-order valence-electron chi connectivity index (χ1n) is 23.3. The molecule has 0 N–H and O–H groups in total. The van der Waals surface area contributed by atoms with Gasteiger partial charge < -0.3 is 8.98 Å². The van der Waals surface area contributed by atoms with E-state index in [0.717, 1.165) is 66.5 Å². The van der Waals surface area contributed by atoms with Crippen LogP contribution in [0.3, 0.4) is 0 Å². The number of para-hydroxylation sites is 3. The molecule has 0 bridgehead atoms. The van der Waals surface area contributed by atoms with Crippen molar-refractivity contribution in [1.29, 1.82) is 0 Å². The molecule has 0 unspecified atom stereocenters. The second-order valence-electron chi connectivity index (χ2n) is 17.5. The molecule has 0 radical (unpaired) electrons. The average Bonchev–Trinajstić information content (AvgIpc) is 3.98. The van der Waals surface area contributed by atoms with Gasteiger partial charge in [0.1, 0.15) is 11.2 Å².